The summed E-state index contributed by atoms with van der Waals surface area (Å²) in [6.45, 7) is 1.61. The second-order valence-corrected chi connectivity index (χ2v) is 5.05. The predicted octanol–water partition coefficient (Wildman–Crippen LogP) is 2.84. The average molecular weight is 319 g/mol. The first-order chi connectivity index (χ1) is 10.5. The maximum Gasteiger partial charge on any atom is 0.265 e. The Morgan fingerprint density at radius 2 is 1.77 bits per heavy atom. The fraction of sp³-hybridized carbons (Fsp3) is 0.125. The normalized spacial score (nSPS) is 11.5. The van der Waals surface area contributed by atoms with Crippen molar-refractivity contribution in [3.05, 3.63) is 59.1 Å². The molecular weight excluding hydrogens is 304 g/mol. The number of nitrogens with one attached hydrogen (secondary N) is 1. The van der Waals surface area contributed by atoms with Crippen molar-refractivity contribution in [2.45, 2.75) is 13.0 Å². The Balaban J connectivity index is 2.05. The van der Waals surface area contributed by atoms with Crippen molar-refractivity contribution in [2.75, 3.05) is 5.32 Å². The first-order valence-corrected chi connectivity index (χ1v) is 6.97. The SMILES string of the molecule is C[C@@H](Oc1ccc(Cl)cc1)C(=O)Nc1ccccc1C(N)=O. The zero-order valence-corrected chi connectivity index (χ0v) is 12.6. The van der Waals surface area contributed by atoms with Gasteiger partial charge in [-0.2, -0.15) is 0 Å². The number of carbonyl (C=O) groups is 2. The van der Waals surface area contributed by atoms with Crippen LogP contribution in [0.3, 0.4) is 0 Å². The second-order valence-electron chi connectivity index (χ2n) is 4.61. The minimum atomic E-state index is -0.748. The minimum Gasteiger partial charge on any atom is -0.481 e. The van der Waals surface area contributed by atoms with Crippen LogP contribution in [0.5, 0.6) is 5.75 Å². The maximum atomic E-state index is 12.1. The number of ether oxygens (including phenoxy) is 1. The number of para-hydroxylation sites is 1. The van der Waals surface area contributed by atoms with Gasteiger partial charge in [0.1, 0.15) is 5.75 Å². The van der Waals surface area contributed by atoms with Crippen LogP contribution in [0.25, 0.3) is 0 Å². The number of rotatable bonds is 5. The molecule has 0 radical (unpaired) electrons. The second kappa shape index (κ2) is 6.95. The number of halogens is 1. The topological polar surface area (TPSA) is 81.4 Å². The maximum absolute atomic E-state index is 12.1. The number of benzene rings is 2. The van der Waals surface area contributed by atoms with E-state index in [0.29, 0.717) is 16.5 Å². The van der Waals surface area contributed by atoms with E-state index >= 15 is 0 Å². The summed E-state index contributed by atoms with van der Waals surface area (Å²) < 4.78 is 5.52. The standard InChI is InChI=1S/C16H15ClN2O3/c1-10(22-12-8-6-11(17)7-9-12)16(21)19-14-5-3-2-4-13(14)15(18)20/h2-10H,1H3,(H2,18,20)(H,19,21)/t10-/m1/s1. The van der Waals surface area contributed by atoms with E-state index in [4.69, 9.17) is 22.1 Å². The molecule has 0 fully saturated rings. The Kier molecular flexibility index (Phi) is 5.01. The summed E-state index contributed by atoms with van der Waals surface area (Å²) in [6.07, 6.45) is -0.748. The van der Waals surface area contributed by atoms with Crippen LogP contribution in [0.2, 0.25) is 5.02 Å². The Morgan fingerprint density at radius 3 is 2.41 bits per heavy atom. The van der Waals surface area contributed by atoms with Gasteiger partial charge in [-0.3, -0.25) is 9.59 Å². The zero-order chi connectivity index (χ0) is 16.1. The number of carbonyl (C=O) groups excluding carboxylic acids is 2. The lowest BCUT2D eigenvalue weighted by Gasteiger charge is -2.15. The number of hydrogen-bond acceptors (Lipinski definition) is 3. The number of nitrogens with two attached hydrogens (primary N) is 1. The van der Waals surface area contributed by atoms with Crippen LogP contribution in [-0.4, -0.2) is 17.9 Å². The van der Waals surface area contributed by atoms with Gasteiger partial charge in [0, 0.05) is 5.02 Å². The van der Waals surface area contributed by atoms with Gasteiger partial charge in [0.15, 0.2) is 6.10 Å². The molecule has 2 rings (SSSR count). The van der Waals surface area contributed by atoms with Crippen molar-refractivity contribution in [2.24, 2.45) is 5.73 Å². The van der Waals surface area contributed by atoms with E-state index in [1.165, 1.54) is 0 Å². The molecular formula is C16H15ClN2O3. The molecule has 1 atom stereocenters. The van der Waals surface area contributed by atoms with E-state index < -0.39 is 12.0 Å². The highest BCUT2D eigenvalue weighted by atomic mass is 35.5. The fourth-order valence-electron chi connectivity index (χ4n) is 1.81. The molecule has 5 nitrogen and oxygen atoms in total. The molecule has 3 N–H and O–H groups in total. The fourth-order valence-corrected chi connectivity index (χ4v) is 1.94. The van der Waals surface area contributed by atoms with Crippen molar-refractivity contribution in [1.29, 1.82) is 0 Å². The van der Waals surface area contributed by atoms with E-state index in [1.54, 1.807) is 55.5 Å². The molecule has 0 aromatic heterocycles. The van der Waals surface area contributed by atoms with Crippen molar-refractivity contribution in [3.8, 4) is 5.75 Å². The smallest absolute Gasteiger partial charge is 0.265 e. The van der Waals surface area contributed by atoms with Crippen molar-refractivity contribution < 1.29 is 14.3 Å². The van der Waals surface area contributed by atoms with Crippen LogP contribution in [0.15, 0.2) is 48.5 Å². The molecule has 22 heavy (non-hydrogen) atoms. The highest BCUT2D eigenvalue weighted by molar-refractivity contribution is 6.30. The van der Waals surface area contributed by atoms with Crippen LogP contribution < -0.4 is 15.8 Å². The first-order valence-electron chi connectivity index (χ1n) is 6.59. The summed E-state index contributed by atoms with van der Waals surface area (Å²) in [5.74, 6) is -0.471. The highest BCUT2D eigenvalue weighted by Crippen LogP contribution is 2.18. The third-order valence-corrected chi connectivity index (χ3v) is 3.20. The molecule has 0 aliphatic rings. The molecule has 0 heterocycles. The van der Waals surface area contributed by atoms with E-state index in [-0.39, 0.29) is 11.5 Å². The van der Waals surface area contributed by atoms with Crippen molar-refractivity contribution >= 4 is 29.1 Å². The summed E-state index contributed by atoms with van der Waals surface area (Å²) in [5, 5.41) is 3.22. The lowest BCUT2D eigenvalue weighted by Crippen LogP contribution is -2.31. The molecule has 0 spiro atoms. The van der Waals surface area contributed by atoms with Gasteiger partial charge in [0.05, 0.1) is 11.3 Å². The quantitative estimate of drug-likeness (QED) is 0.889. The van der Waals surface area contributed by atoms with Crippen molar-refractivity contribution in [3.63, 3.8) is 0 Å². The number of amides is 2. The van der Waals surface area contributed by atoms with Gasteiger partial charge in [-0.25, -0.2) is 0 Å². The van der Waals surface area contributed by atoms with Crippen molar-refractivity contribution in [1.82, 2.24) is 0 Å². The molecule has 0 saturated heterocycles. The molecule has 2 aromatic rings. The molecule has 0 aliphatic heterocycles. The third-order valence-electron chi connectivity index (χ3n) is 2.95. The molecule has 0 unspecified atom stereocenters. The highest BCUT2D eigenvalue weighted by Gasteiger charge is 2.17. The summed E-state index contributed by atoms with van der Waals surface area (Å²) in [5.41, 5.74) is 5.87. The Hall–Kier alpha value is -2.53. The Labute approximate surface area is 133 Å². The van der Waals surface area contributed by atoms with Gasteiger partial charge >= 0.3 is 0 Å². The van der Waals surface area contributed by atoms with Crippen LogP contribution in [0, 0.1) is 0 Å². The predicted molar refractivity (Wildman–Crippen MR) is 85.1 cm³/mol. The monoisotopic (exact) mass is 318 g/mol. The van der Waals surface area contributed by atoms with Crippen LogP contribution in [0.4, 0.5) is 5.69 Å². The zero-order valence-electron chi connectivity index (χ0n) is 11.9. The van der Waals surface area contributed by atoms with Gasteiger partial charge in [-0.1, -0.05) is 23.7 Å². The third kappa shape index (κ3) is 3.99. The van der Waals surface area contributed by atoms with E-state index in [9.17, 15) is 9.59 Å². The minimum absolute atomic E-state index is 0.245. The van der Waals surface area contributed by atoms with Gasteiger partial charge in [0.2, 0.25) is 0 Å². The summed E-state index contributed by atoms with van der Waals surface area (Å²) >= 11 is 5.79. The largest absolute Gasteiger partial charge is 0.481 e. The number of anilines is 1. The average Bonchev–Trinajstić information content (AvgIpc) is 2.49. The molecule has 2 aromatic carbocycles. The number of primary amides is 1. The van der Waals surface area contributed by atoms with E-state index in [1.807, 2.05) is 0 Å². The number of hydrogen-bond donors (Lipinski definition) is 2. The molecule has 6 heteroatoms. The molecule has 114 valence electrons. The van der Waals surface area contributed by atoms with Gasteiger partial charge < -0.3 is 15.8 Å². The van der Waals surface area contributed by atoms with Crippen LogP contribution in [-0.2, 0) is 4.79 Å². The lowest BCUT2D eigenvalue weighted by molar-refractivity contribution is -0.122. The molecule has 2 amide bonds. The van der Waals surface area contributed by atoms with Gasteiger partial charge in [-0.15, -0.1) is 0 Å². The van der Waals surface area contributed by atoms with Crippen LogP contribution >= 0.6 is 11.6 Å². The molecule has 0 saturated carbocycles. The van der Waals surface area contributed by atoms with E-state index in [2.05, 4.69) is 5.32 Å². The summed E-state index contributed by atoms with van der Waals surface area (Å²) in [6, 6.07) is 13.2. The van der Waals surface area contributed by atoms with Crippen LogP contribution in [0.1, 0.15) is 17.3 Å². The molecule has 0 aliphatic carbocycles. The summed E-state index contributed by atoms with van der Waals surface area (Å²) in [4.78, 5) is 23.5. The Bertz CT molecular complexity index is 686. The Morgan fingerprint density at radius 1 is 1.14 bits per heavy atom. The van der Waals surface area contributed by atoms with Gasteiger partial charge in [0.25, 0.3) is 11.8 Å². The lowest BCUT2D eigenvalue weighted by atomic mass is 10.1. The van der Waals surface area contributed by atoms with E-state index in [0.717, 1.165) is 0 Å². The van der Waals surface area contributed by atoms with Gasteiger partial charge in [-0.05, 0) is 43.3 Å². The molecule has 0 bridgehead atoms. The summed E-state index contributed by atoms with van der Waals surface area (Å²) in [7, 11) is 0. The first kappa shape index (κ1) is 15.9.